The summed E-state index contributed by atoms with van der Waals surface area (Å²) < 4.78 is 5.26. The Hall–Kier alpha value is -0.0800. The highest BCUT2D eigenvalue weighted by atomic mass is 16.5. The molecule has 0 aromatic heterocycles. The number of hydrogen-bond donors (Lipinski definition) is 1. The largest absolute Gasteiger partial charge is 0.389 e. The predicted octanol–water partition coefficient (Wildman–Crippen LogP) is 1.18. The molecule has 0 amide bonds. The van der Waals surface area contributed by atoms with Crippen LogP contribution in [0.4, 0.5) is 0 Å². The molecule has 10 heavy (non-hydrogen) atoms. The third-order valence-electron chi connectivity index (χ3n) is 2.65. The molecule has 0 bridgehead atoms. The van der Waals surface area contributed by atoms with E-state index in [1.807, 2.05) is 20.8 Å². The van der Waals surface area contributed by atoms with Crippen LogP contribution in [-0.4, -0.2) is 23.9 Å². The molecule has 1 rings (SSSR count). The molecule has 1 saturated heterocycles. The Morgan fingerprint density at radius 1 is 1.30 bits per heavy atom. The highest BCUT2D eigenvalue weighted by molar-refractivity contribution is 4.91. The summed E-state index contributed by atoms with van der Waals surface area (Å²) in [4.78, 5) is 0. The molecule has 1 heterocycles. The zero-order chi connectivity index (χ0) is 7.83. The van der Waals surface area contributed by atoms with Crippen LogP contribution in [0.1, 0.15) is 27.2 Å². The normalized spacial score (nSPS) is 39.6. The fraction of sp³-hybridized carbons (Fsp3) is 1.00. The van der Waals surface area contributed by atoms with Gasteiger partial charge in [-0.25, -0.2) is 0 Å². The molecule has 1 N–H and O–H groups in total. The van der Waals surface area contributed by atoms with Crippen LogP contribution in [0.15, 0.2) is 0 Å². The average molecular weight is 144 g/mol. The van der Waals surface area contributed by atoms with Gasteiger partial charge in [0.25, 0.3) is 0 Å². The molecule has 0 aliphatic carbocycles. The predicted molar refractivity (Wildman–Crippen MR) is 39.8 cm³/mol. The molecule has 2 heteroatoms. The highest BCUT2D eigenvalue weighted by Gasteiger charge is 2.41. The zero-order valence-electron chi connectivity index (χ0n) is 6.98. The molecule has 1 aliphatic rings. The molecule has 0 saturated carbocycles. The first-order valence-corrected chi connectivity index (χ1v) is 3.76. The number of ether oxygens (including phenoxy) is 1. The second-order valence-corrected chi connectivity index (χ2v) is 3.96. The third kappa shape index (κ3) is 1.18. The summed E-state index contributed by atoms with van der Waals surface area (Å²) in [5.74, 6) is 0. The lowest BCUT2D eigenvalue weighted by Gasteiger charge is -2.43. The van der Waals surface area contributed by atoms with Gasteiger partial charge in [0.05, 0.1) is 12.2 Å². The van der Waals surface area contributed by atoms with E-state index in [-0.39, 0.29) is 5.41 Å². The average Bonchev–Trinajstić information content (AvgIpc) is 1.77. The highest BCUT2D eigenvalue weighted by Crippen LogP contribution is 2.36. The fourth-order valence-electron chi connectivity index (χ4n) is 1.09. The lowest BCUT2D eigenvalue weighted by molar-refractivity contribution is -0.145. The van der Waals surface area contributed by atoms with Crippen LogP contribution in [0.5, 0.6) is 0 Å². The van der Waals surface area contributed by atoms with E-state index in [9.17, 15) is 5.11 Å². The van der Waals surface area contributed by atoms with Gasteiger partial charge >= 0.3 is 0 Å². The Balaban J connectivity index is 2.70. The number of rotatable bonds is 0. The Morgan fingerprint density at radius 2 is 1.90 bits per heavy atom. The van der Waals surface area contributed by atoms with Gasteiger partial charge in [-0.05, 0) is 13.3 Å². The second kappa shape index (κ2) is 2.21. The Bertz CT molecular complexity index is 111. The van der Waals surface area contributed by atoms with E-state index in [1.54, 1.807) is 0 Å². The summed E-state index contributed by atoms with van der Waals surface area (Å²) in [7, 11) is 0. The monoisotopic (exact) mass is 144 g/mol. The van der Waals surface area contributed by atoms with Crippen molar-refractivity contribution in [3.8, 4) is 0 Å². The van der Waals surface area contributed by atoms with Crippen molar-refractivity contribution in [2.45, 2.75) is 32.8 Å². The fourth-order valence-corrected chi connectivity index (χ4v) is 1.09. The van der Waals surface area contributed by atoms with E-state index in [1.165, 1.54) is 0 Å². The maximum atomic E-state index is 9.82. The first-order valence-electron chi connectivity index (χ1n) is 3.76. The molecule has 0 aromatic carbocycles. The molecule has 60 valence electrons. The Morgan fingerprint density at radius 3 is 2.20 bits per heavy atom. The van der Waals surface area contributed by atoms with Gasteiger partial charge in [0.15, 0.2) is 0 Å². The van der Waals surface area contributed by atoms with Gasteiger partial charge in [-0.1, -0.05) is 13.8 Å². The van der Waals surface area contributed by atoms with Crippen molar-refractivity contribution in [2.24, 2.45) is 5.41 Å². The van der Waals surface area contributed by atoms with Crippen LogP contribution in [-0.2, 0) is 4.74 Å². The van der Waals surface area contributed by atoms with Gasteiger partial charge in [-0.15, -0.1) is 0 Å². The quantitative estimate of drug-likeness (QED) is 0.553. The summed E-state index contributed by atoms with van der Waals surface area (Å²) in [5, 5.41) is 9.82. The van der Waals surface area contributed by atoms with Crippen molar-refractivity contribution >= 4 is 0 Å². The lowest BCUT2D eigenvalue weighted by Crippen LogP contribution is -2.49. The summed E-state index contributed by atoms with van der Waals surface area (Å²) in [6.07, 6.45) is 0.750. The van der Waals surface area contributed by atoms with E-state index in [2.05, 4.69) is 0 Å². The van der Waals surface area contributed by atoms with E-state index in [4.69, 9.17) is 4.74 Å². The molecule has 0 unspecified atom stereocenters. The number of hydrogen-bond acceptors (Lipinski definition) is 2. The van der Waals surface area contributed by atoms with Crippen molar-refractivity contribution in [3.63, 3.8) is 0 Å². The summed E-state index contributed by atoms with van der Waals surface area (Å²) in [6.45, 7) is 7.31. The van der Waals surface area contributed by atoms with Gasteiger partial charge in [0, 0.05) is 12.0 Å². The minimum atomic E-state index is -0.550. The SMILES string of the molecule is CC1(C)COCC[C@]1(C)O. The zero-order valence-corrected chi connectivity index (χ0v) is 6.98. The minimum Gasteiger partial charge on any atom is -0.389 e. The molecule has 2 nitrogen and oxygen atoms in total. The van der Waals surface area contributed by atoms with Crippen LogP contribution in [0, 0.1) is 5.41 Å². The second-order valence-electron chi connectivity index (χ2n) is 3.96. The summed E-state index contributed by atoms with van der Waals surface area (Å²) in [5.41, 5.74) is -0.642. The smallest absolute Gasteiger partial charge is 0.0714 e. The van der Waals surface area contributed by atoms with Gasteiger partial charge in [-0.2, -0.15) is 0 Å². The molecule has 0 aromatic rings. The van der Waals surface area contributed by atoms with E-state index in [0.717, 1.165) is 6.42 Å². The molecule has 0 radical (unpaired) electrons. The van der Waals surface area contributed by atoms with Gasteiger partial charge in [0.2, 0.25) is 0 Å². The molecule has 1 fully saturated rings. The maximum Gasteiger partial charge on any atom is 0.0714 e. The van der Waals surface area contributed by atoms with Gasteiger partial charge in [-0.3, -0.25) is 0 Å². The van der Waals surface area contributed by atoms with Crippen LogP contribution in [0.2, 0.25) is 0 Å². The van der Waals surface area contributed by atoms with Crippen LogP contribution < -0.4 is 0 Å². The van der Waals surface area contributed by atoms with Crippen molar-refractivity contribution in [2.75, 3.05) is 13.2 Å². The lowest BCUT2D eigenvalue weighted by atomic mass is 9.73. The Labute approximate surface area is 62.2 Å². The maximum absolute atomic E-state index is 9.82. The molecular formula is C8H16O2. The summed E-state index contributed by atoms with van der Waals surface area (Å²) in [6, 6.07) is 0. The first-order chi connectivity index (χ1) is 4.46. The van der Waals surface area contributed by atoms with Gasteiger partial charge in [0.1, 0.15) is 0 Å². The van der Waals surface area contributed by atoms with Gasteiger partial charge < -0.3 is 9.84 Å². The number of aliphatic hydroxyl groups is 1. The molecule has 0 spiro atoms. The minimum absolute atomic E-state index is 0.0920. The van der Waals surface area contributed by atoms with E-state index >= 15 is 0 Å². The van der Waals surface area contributed by atoms with E-state index < -0.39 is 5.60 Å². The van der Waals surface area contributed by atoms with Crippen LogP contribution in [0.25, 0.3) is 0 Å². The molecular weight excluding hydrogens is 128 g/mol. The van der Waals surface area contributed by atoms with E-state index in [0.29, 0.717) is 13.2 Å². The van der Waals surface area contributed by atoms with Crippen molar-refractivity contribution in [1.29, 1.82) is 0 Å². The van der Waals surface area contributed by atoms with Crippen LogP contribution >= 0.6 is 0 Å². The molecule has 1 atom stereocenters. The third-order valence-corrected chi connectivity index (χ3v) is 2.65. The van der Waals surface area contributed by atoms with Crippen molar-refractivity contribution in [1.82, 2.24) is 0 Å². The standard InChI is InChI=1S/C8H16O2/c1-7(2)6-10-5-4-8(7,3)9/h9H,4-6H2,1-3H3/t8-/m0/s1. The van der Waals surface area contributed by atoms with Crippen molar-refractivity contribution in [3.05, 3.63) is 0 Å². The Kier molecular flexibility index (Phi) is 1.77. The van der Waals surface area contributed by atoms with Crippen molar-refractivity contribution < 1.29 is 9.84 Å². The topological polar surface area (TPSA) is 29.5 Å². The van der Waals surface area contributed by atoms with Crippen LogP contribution in [0.3, 0.4) is 0 Å². The molecule has 1 aliphatic heterocycles. The summed E-state index contributed by atoms with van der Waals surface area (Å²) >= 11 is 0. The first kappa shape index (κ1) is 8.02.